The maximum atomic E-state index is 12.4. The third-order valence-electron chi connectivity index (χ3n) is 4.09. The van der Waals surface area contributed by atoms with Crippen LogP contribution in [-0.4, -0.2) is 26.2 Å². The van der Waals surface area contributed by atoms with Crippen LogP contribution in [0.5, 0.6) is 5.75 Å². The van der Waals surface area contributed by atoms with E-state index in [1.165, 1.54) is 7.05 Å². The molecule has 2 heterocycles. The number of H-pyrrole nitrogens is 1. The predicted molar refractivity (Wildman–Crippen MR) is 92.5 cm³/mol. The topological polar surface area (TPSA) is 81.9 Å². The van der Waals surface area contributed by atoms with E-state index < -0.39 is 11.2 Å². The normalized spacial score (nSPS) is 11.1. The van der Waals surface area contributed by atoms with E-state index in [0.717, 1.165) is 28.7 Å². The lowest BCUT2D eigenvalue weighted by Gasteiger charge is -2.09. The Morgan fingerprint density at radius 3 is 2.54 bits per heavy atom. The molecule has 0 bridgehead atoms. The number of aromatic nitrogens is 4. The average molecular weight is 328 g/mol. The second kappa shape index (κ2) is 6.35. The molecule has 0 spiro atoms. The zero-order valence-electron chi connectivity index (χ0n) is 14.0. The van der Waals surface area contributed by atoms with Gasteiger partial charge >= 0.3 is 5.69 Å². The largest absolute Gasteiger partial charge is 0.497 e. The Balaban J connectivity index is 2.27. The van der Waals surface area contributed by atoms with Crippen LogP contribution in [0, 0.1) is 0 Å². The third kappa shape index (κ3) is 2.62. The quantitative estimate of drug-likeness (QED) is 0.775. The molecular formula is C17H20N4O3. The molecule has 0 saturated carbocycles. The number of aromatic amines is 1. The van der Waals surface area contributed by atoms with Crippen molar-refractivity contribution in [3.05, 3.63) is 45.1 Å². The molecule has 24 heavy (non-hydrogen) atoms. The molecule has 0 amide bonds. The highest BCUT2D eigenvalue weighted by Crippen LogP contribution is 2.24. The molecule has 7 nitrogen and oxygen atoms in total. The fourth-order valence-electron chi connectivity index (χ4n) is 2.66. The first kappa shape index (κ1) is 16.0. The van der Waals surface area contributed by atoms with Crippen molar-refractivity contribution in [3.8, 4) is 17.1 Å². The van der Waals surface area contributed by atoms with Crippen LogP contribution in [0.3, 0.4) is 0 Å². The average Bonchev–Trinajstić information content (AvgIpc) is 2.96. The summed E-state index contributed by atoms with van der Waals surface area (Å²) in [6.07, 6.45) is 1.92. The van der Waals surface area contributed by atoms with Crippen molar-refractivity contribution in [2.45, 2.75) is 26.3 Å². The van der Waals surface area contributed by atoms with Crippen molar-refractivity contribution in [2.75, 3.05) is 7.11 Å². The summed E-state index contributed by atoms with van der Waals surface area (Å²) in [5, 5.41) is 0. The van der Waals surface area contributed by atoms with Gasteiger partial charge in [-0.05, 0) is 30.7 Å². The molecule has 2 aromatic heterocycles. The number of fused-ring (bicyclic) bond motifs is 1. The molecule has 0 fully saturated rings. The highest BCUT2D eigenvalue weighted by molar-refractivity contribution is 5.76. The van der Waals surface area contributed by atoms with Crippen LogP contribution in [-0.2, 0) is 13.6 Å². The van der Waals surface area contributed by atoms with Gasteiger partial charge in [0.25, 0.3) is 5.56 Å². The molecule has 0 aliphatic carbocycles. The van der Waals surface area contributed by atoms with Gasteiger partial charge in [0.05, 0.1) is 7.11 Å². The third-order valence-corrected chi connectivity index (χ3v) is 4.09. The number of ether oxygens (including phenoxy) is 1. The van der Waals surface area contributed by atoms with E-state index in [4.69, 9.17) is 4.74 Å². The summed E-state index contributed by atoms with van der Waals surface area (Å²) < 4.78 is 8.13. The van der Waals surface area contributed by atoms with E-state index >= 15 is 0 Å². The van der Waals surface area contributed by atoms with E-state index in [9.17, 15) is 9.59 Å². The number of benzene rings is 1. The van der Waals surface area contributed by atoms with Gasteiger partial charge in [0.2, 0.25) is 0 Å². The van der Waals surface area contributed by atoms with Gasteiger partial charge in [0.1, 0.15) is 17.2 Å². The lowest BCUT2D eigenvalue weighted by atomic mass is 10.2. The van der Waals surface area contributed by atoms with Crippen LogP contribution in [0.15, 0.2) is 33.9 Å². The van der Waals surface area contributed by atoms with Gasteiger partial charge in [-0.25, -0.2) is 9.78 Å². The summed E-state index contributed by atoms with van der Waals surface area (Å²) in [4.78, 5) is 31.6. The Morgan fingerprint density at radius 2 is 1.92 bits per heavy atom. The van der Waals surface area contributed by atoms with Gasteiger partial charge in [-0.1, -0.05) is 13.3 Å². The molecule has 0 atom stereocenters. The van der Waals surface area contributed by atoms with Crippen LogP contribution >= 0.6 is 0 Å². The van der Waals surface area contributed by atoms with Gasteiger partial charge in [-0.3, -0.25) is 14.3 Å². The first-order chi connectivity index (χ1) is 11.6. The van der Waals surface area contributed by atoms with Crippen molar-refractivity contribution >= 4 is 11.2 Å². The monoisotopic (exact) mass is 328 g/mol. The molecule has 126 valence electrons. The number of aryl methyl sites for hydroxylation is 1. The fourth-order valence-corrected chi connectivity index (χ4v) is 2.66. The summed E-state index contributed by atoms with van der Waals surface area (Å²) in [7, 11) is 3.05. The number of imidazole rings is 1. The summed E-state index contributed by atoms with van der Waals surface area (Å²) in [6, 6.07) is 7.48. The molecule has 0 aliphatic heterocycles. The SMILES string of the molecule is CCCCn1c(-c2ccc(OC)cc2)nc2c(=O)n(C)c(=O)[nH]c21. The summed E-state index contributed by atoms with van der Waals surface area (Å²) in [5.74, 6) is 1.42. The molecule has 0 aliphatic rings. The number of unbranched alkanes of at least 4 members (excludes halogenated alkanes) is 1. The number of nitrogens with one attached hydrogen (secondary N) is 1. The molecule has 7 heteroatoms. The predicted octanol–water partition coefficient (Wildman–Crippen LogP) is 1.90. The van der Waals surface area contributed by atoms with E-state index in [2.05, 4.69) is 16.9 Å². The van der Waals surface area contributed by atoms with Crippen molar-refractivity contribution in [3.63, 3.8) is 0 Å². The standard InChI is InChI=1S/C17H20N4O3/c1-4-5-10-21-14(11-6-8-12(24-3)9-7-11)18-13-15(21)19-17(23)20(2)16(13)22/h6-9H,4-5,10H2,1-3H3,(H,19,23). The minimum atomic E-state index is -0.438. The maximum Gasteiger partial charge on any atom is 0.329 e. The first-order valence-corrected chi connectivity index (χ1v) is 7.90. The Bertz CT molecular complexity index is 980. The number of rotatable bonds is 5. The zero-order valence-corrected chi connectivity index (χ0v) is 14.0. The number of hydrogen-bond acceptors (Lipinski definition) is 4. The van der Waals surface area contributed by atoms with Crippen LogP contribution in [0.1, 0.15) is 19.8 Å². The van der Waals surface area contributed by atoms with Crippen molar-refractivity contribution in [1.82, 2.24) is 19.1 Å². The Labute approximate surface area is 138 Å². The highest BCUT2D eigenvalue weighted by Gasteiger charge is 2.17. The Morgan fingerprint density at radius 1 is 1.21 bits per heavy atom. The molecule has 0 unspecified atom stereocenters. The maximum absolute atomic E-state index is 12.4. The lowest BCUT2D eigenvalue weighted by molar-refractivity contribution is 0.415. The molecular weight excluding hydrogens is 308 g/mol. The fraction of sp³-hybridized carbons (Fsp3) is 0.353. The van der Waals surface area contributed by atoms with E-state index in [1.807, 2.05) is 28.8 Å². The molecule has 0 saturated heterocycles. The Kier molecular flexibility index (Phi) is 4.24. The van der Waals surface area contributed by atoms with E-state index in [0.29, 0.717) is 18.0 Å². The number of methoxy groups -OCH3 is 1. The summed E-state index contributed by atoms with van der Waals surface area (Å²) in [5.41, 5.74) is 0.789. The minimum absolute atomic E-state index is 0.277. The van der Waals surface area contributed by atoms with Crippen LogP contribution in [0.25, 0.3) is 22.6 Å². The van der Waals surface area contributed by atoms with Gasteiger partial charge in [0, 0.05) is 19.2 Å². The first-order valence-electron chi connectivity index (χ1n) is 7.90. The van der Waals surface area contributed by atoms with Crippen molar-refractivity contribution in [2.24, 2.45) is 7.05 Å². The number of hydrogen-bond donors (Lipinski definition) is 1. The molecule has 3 rings (SSSR count). The second-order valence-electron chi connectivity index (χ2n) is 5.66. The lowest BCUT2D eigenvalue weighted by Crippen LogP contribution is -2.32. The number of nitrogens with zero attached hydrogens (tertiary/aromatic N) is 3. The highest BCUT2D eigenvalue weighted by atomic mass is 16.5. The van der Waals surface area contributed by atoms with Crippen molar-refractivity contribution < 1.29 is 4.74 Å². The van der Waals surface area contributed by atoms with Gasteiger partial charge in [-0.15, -0.1) is 0 Å². The molecule has 0 radical (unpaired) electrons. The molecule has 3 aromatic rings. The minimum Gasteiger partial charge on any atom is -0.497 e. The molecule has 1 N–H and O–H groups in total. The van der Waals surface area contributed by atoms with Crippen LogP contribution in [0.2, 0.25) is 0 Å². The zero-order chi connectivity index (χ0) is 17.3. The van der Waals surface area contributed by atoms with Gasteiger partial charge < -0.3 is 9.30 Å². The summed E-state index contributed by atoms with van der Waals surface area (Å²) >= 11 is 0. The van der Waals surface area contributed by atoms with Crippen LogP contribution in [0.4, 0.5) is 0 Å². The van der Waals surface area contributed by atoms with Gasteiger partial charge in [0.15, 0.2) is 5.52 Å². The smallest absolute Gasteiger partial charge is 0.329 e. The van der Waals surface area contributed by atoms with E-state index in [1.54, 1.807) is 7.11 Å². The summed E-state index contributed by atoms with van der Waals surface area (Å²) in [6.45, 7) is 2.77. The van der Waals surface area contributed by atoms with Crippen LogP contribution < -0.4 is 16.0 Å². The Hall–Kier alpha value is -2.83. The molecule has 1 aromatic carbocycles. The van der Waals surface area contributed by atoms with Crippen molar-refractivity contribution in [1.29, 1.82) is 0 Å². The van der Waals surface area contributed by atoms with Gasteiger partial charge in [-0.2, -0.15) is 0 Å². The second-order valence-corrected chi connectivity index (χ2v) is 5.66. The van der Waals surface area contributed by atoms with E-state index in [-0.39, 0.29) is 5.52 Å².